The maximum Gasteiger partial charge on any atom is 0.163 e. The highest BCUT2D eigenvalue weighted by molar-refractivity contribution is 5.22. The van der Waals surface area contributed by atoms with E-state index >= 15 is 0 Å². The molecule has 3 atom stereocenters. The van der Waals surface area contributed by atoms with E-state index in [0.717, 1.165) is 13.2 Å². The molecule has 0 bridgehead atoms. The van der Waals surface area contributed by atoms with Gasteiger partial charge in [0.05, 0.1) is 19.3 Å². The summed E-state index contributed by atoms with van der Waals surface area (Å²) in [4.78, 5) is 0. The van der Waals surface area contributed by atoms with E-state index in [1.165, 1.54) is 12.0 Å². The van der Waals surface area contributed by atoms with Crippen LogP contribution in [-0.4, -0.2) is 31.7 Å². The van der Waals surface area contributed by atoms with E-state index < -0.39 is 5.79 Å². The SMILES string of the molecule is CC1(C)OCC2=C[C@@H]3OCC[C@H]3[C@H]2CO1. The first kappa shape index (κ1) is 9.82. The van der Waals surface area contributed by atoms with Crippen molar-refractivity contribution in [1.29, 1.82) is 0 Å². The summed E-state index contributed by atoms with van der Waals surface area (Å²) >= 11 is 0. The third-order valence-corrected chi connectivity index (χ3v) is 3.75. The molecule has 3 nitrogen and oxygen atoms in total. The van der Waals surface area contributed by atoms with E-state index in [9.17, 15) is 0 Å². The smallest absolute Gasteiger partial charge is 0.163 e. The molecule has 0 amide bonds. The number of hydrogen-bond donors (Lipinski definition) is 0. The molecular formula is C12H18O3. The van der Waals surface area contributed by atoms with E-state index in [2.05, 4.69) is 6.08 Å². The van der Waals surface area contributed by atoms with Gasteiger partial charge in [0, 0.05) is 12.5 Å². The summed E-state index contributed by atoms with van der Waals surface area (Å²) in [5.41, 5.74) is 1.38. The van der Waals surface area contributed by atoms with Crippen molar-refractivity contribution in [1.82, 2.24) is 0 Å². The highest BCUT2D eigenvalue weighted by atomic mass is 16.7. The van der Waals surface area contributed by atoms with E-state index in [1.807, 2.05) is 13.8 Å². The highest BCUT2D eigenvalue weighted by Gasteiger charge is 2.43. The Balaban J connectivity index is 1.81. The molecule has 0 N–H and O–H groups in total. The van der Waals surface area contributed by atoms with E-state index in [1.54, 1.807) is 0 Å². The van der Waals surface area contributed by atoms with Crippen LogP contribution in [0.15, 0.2) is 11.6 Å². The molecule has 2 fully saturated rings. The summed E-state index contributed by atoms with van der Waals surface area (Å²) in [5.74, 6) is 0.733. The molecule has 3 heteroatoms. The van der Waals surface area contributed by atoms with Crippen LogP contribution in [0.2, 0.25) is 0 Å². The molecule has 1 aliphatic carbocycles. The van der Waals surface area contributed by atoms with Crippen LogP contribution in [0.1, 0.15) is 20.3 Å². The summed E-state index contributed by atoms with van der Waals surface area (Å²) in [6.07, 6.45) is 3.75. The van der Waals surface area contributed by atoms with Crippen LogP contribution in [0.25, 0.3) is 0 Å². The van der Waals surface area contributed by atoms with Gasteiger partial charge in [-0.25, -0.2) is 0 Å². The molecule has 2 saturated heterocycles. The zero-order valence-corrected chi connectivity index (χ0v) is 9.36. The first-order chi connectivity index (χ1) is 7.16. The van der Waals surface area contributed by atoms with Crippen LogP contribution in [-0.2, 0) is 14.2 Å². The molecule has 0 aromatic heterocycles. The summed E-state index contributed by atoms with van der Waals surface area (Å²) in [6.45, 7) is 6.35. The monoisotopic (exact) mass is 210 g/mol. The Bertz CT molecular complexity index is 295. The van der Waals surface area contributed by atoms with E-state index in [4.69, 9.17) is 14.2 Å². The lowest BCUT2D eigenvalue weighted by Gasteiger charge is -2.24. The van der Waals surface area contributed by atoms with Gasteiger partial charge in [-0.1, -0.05) is 6.08 Å². The second-order valence-corrected chi connectivity index (χ2v) is 5.14. The fraction of sp³-hybridized carbons (Fsp3) is 0.833. The number of hydrogen-bond acceptors (Lipinski definition) is 3. The second-order valence-electron chi connectivity index (χ2n) is 5.14. The van der Waals surface area contributed by atoms with Crippen molar-refractivity contribution in [2.75, 3.05) is 19.8 Å². The fourth-order valence-corrected chi connectivity index (χ4v) is 2.81. The molecule has 84 valence electrons. The number of rotatable bonds is 0. The first-order valence-electron chi connectivity index (χ1n) is 5.76. The maximum absolute atomic E-state index is 5.79. The average molecular weight is 210 g/mol. The van der Waals surface area contributed by atoms with Crippen molar-refractivity contribution < 1.29 is 14.2 Å². The normalized spacial score (nSPS) is 43.1. The van der Waals surface area contributed by atoms with Crippen LogP contribution in [0.4, 0.5) is 0 Å². The van der Waals surface area contributed by atoms with Gasteiger partial charge in [0.15, 0.2) is 5.79 Å². The predicted molar refractivity (Wildman–Crippen MR) is 55.4 cm³/mol. The van der Waals surface area contributed by atoms with E-state index in [-0.39, 0.29) is 0 Å². The van der Waals surface area contributed by atoms with Gasteiger partial charge in [-0.3, -0.25) is 0 Å². The van der Waals surface area contributed by atoms with Gasteiger partial charge < -0.3 is 14.2 Å². The molecule has 0 spiro atoms. The van der Waals surface area contributed by atoms with Crippen molar-refractivity contribution in [3.05, 3.63) is 11.6 Å². The highest BCUT2D eigenvalue weighted by Crippen LogP contribution is 2.42. The Labute approximate surface area is 90.4 Å². The van der Waals surface area contributed by atoms with Crippen molar-refractivity contribution in [2.24, 2.45) is 11.8 Å². The predicted octanol–water partition coefficient (Wildman–Crippen LogP) is 1.73. The molecule has 0 aromatic rings. The van der Waals surface area contributed by atoms with Crippen LogP contribution < -0.4 is 0 Å². The minimum Gasteiger partial charge on any atom is -0.374 e. The van der Waals surface area contributed by atoms with Crippen molar-refractivity contribution in [3.8, 4) is 0 Å². The van der Waals surface area contributed by atoms with Gasteiger partial charge >= 0.3 is 0 Å². The molecular weight excluding hydrogens is 192 g/mol. The van der Waals surface area contributed by atoms with Crippen LogP contribution in [0.3, 0.4) is 0 Å². The standard InChI is InChI=1S/C12H18O3/c1-12(2)14-6-8-5-11-9(3-4-13-11)10(8)7-15-12/h5,9-11H,3-4,6-7H2,1-2H3/t9-,10-,11-/m0/s1. The molecule has 0 aromatic carbocycles. The van der Waals surface area contributed by atoms with Gasteiger partial charge in [0.1, 0.15) is 0 Å². The lowest BCUT2D eigenvalue weighted by molar-refractivity contribution is -0.201. The lowest BCUT2D eigenvalue weighted by Crippen LogP contribution is -2.28. The quantitative estimate of drug-likeness (QED) is 0.570. The molecule has 3 aliphatic rings. The van der Waals surface area contributed by atoms with Gasteiger partial charge in [0.2, 0.25) is 0 Å². The van der Waals surface area contributed by atoms with Crippen LogP contribution >= 0.6 is 0 Å². The molecule has 0 saturated carbocycles. The minimum absolute atomic E-state index is 0.332. The average Bonchev–Trinajstić information content (AvgIpc) is 2.68. The van der Waals surface area contributed by atoms with Crippen LogP contribution in [0, 0.1) is 11.8 Å². The number of fused-ring (bicyclic) bond motifs is 3. The Morgan fingerprint density at radius 3 is 3.07 bits per heavy atom. The molecule has 2 heterocycles. The topological polar surface area (TPSA) is 27.7 Å². The third-order valence-electron chi connectivity index (χ3n) is 3.75. The Morgan fingerprint density at radius 1 is 1.33 bits per heavy atom. The Kier molecular flexibility index (Phi) is 2.16. The van der Waals surface area contributed by atoms with Gasteiger partial charge in [0.25, 0.3) is 0 Å². The summed E-state index contributed by atoms with van der Waals surface area (Å²) in [6, 6.07) is 0. The van der Waals surface area contributed by atoms with Crippen molar-refractivity contribution >= 4 is 0 Å². The molecule has 0 radical (unpaired) electrons. The Morgan fingerprint density at radius 2 is 2.20 bits per heavy atom. The maximum atomic E-state index is 5.79. The molecule has 2 aliphatic heterocycles. The lowest BCUT2D eigenvalue weighted by atomic mass is 9.90. The molecule has 3 rings (SSSR count). The molecule has 0 unspecified atom stereocenters. The van der Waals surface area contributed by atoms with Crippen LogP contribution in [0.5, 0.6) is 0 Å². The van der Waals surface area contributed by atoms with Gasteiger partial charge in [-0.2, -0.15) is 0 Å². The first-order valence-corrected chi connectivity index (χ1v) is 5.76. The largest absolute Gasteiger partial charge is 0.374 e. The third kappa shape index (κ3) is 1.63. The zero-order chi connectivity index (χ0) is 10.5. The van der Waals surface area contributed by atoms with Gasteiger partial charge in [-0.15, -0.1) is 0 Å². The van der Waals surface area contributed by atoms with Crippen molar-refractivity contribution in [3.63, 3.8) is 0 Å². The summed E-state index contributed by atoms with van der Waals surface area (Å²) in [7, 11) is 0. The Hall–Kier alpha value is -0.380. The van der Waals surface area contributed by atoms with E-state index in [0.29, 0.717) is 24.5 Å². The fourth-order valence-electron chi connectivity index (χ4n) is 2.81. The zero-order valence-electron chi connectivity index (χ0n) is 9.36. The van der Waals surface area contributed by atoms with Crippen molar-refractivity contribution in [2.45, 2.75) is 32.2 Å². The molecule has 15 heavy (non-hydrogen) atoms. The minimum atomic E-state index is -0.430. The summed E-state index contributed by atoms with van der Waals surface area (Å²) in [5, 5.41) is 0. The summed E-state index contributed by atoms with van der Waals surface area (Å²) < 4.78 is 17.2. The van der Waals surface area contributed by atoms with Gasteiger partial charge in [-0.05, 0) is 31.8 Å². The number of ether oxygens (including phenoxy) is 3. The second kappa shape index (κ2) is 3.30.